The molecule has 0 spiro atoms. The maximum absolute atomic E-state index is 13.3. The lowest BCUT2D eigenvalue weighted by molar-refractivity contribution is 0.302. The van der Waals surface area contributed by atoms with Gasteiger partial charge in [-0.25, -0.2) is 27.3 Å². The monoisotopic (exact) mass is 495 g/mol. The molecule has 0 bridgehead atoms. The largest absolute Gasteiger partial charge is 0.339 e. The maximum Gasteiger partial charge on any atom is 0.276 e. The molecule has 1 aromatic carbocycles. The standard InChI is InChI=1S/C15H19ClFN7O5S2/c16-11-7-9(1-2-12(11)17)21-15(18)14-13(22-29-23-14)8-20-30(25,26)10-3-5-24(6-4-10)31(19,27)28/h1-2,7,10,20H,3-6,8H2,(H2,18,21)(H2,19,27,28). The molecule has 12 nitrogen and oxygen atoms in total. The highest BCUT2D eigenvalue weighted by Gasteiger charge is 2.33. The van der Waals surface area contributed by atoms with Gasteiger partial charge in [-0.2, -0.15) is 12.7 Å². The zero-order valence-electron chi connectivity index (χ0n) is 15.9. The molecule has 0 aliphatic carbocycles. The number of halogens is 2. The number of nitrogens with zero attached hydrogens (tertiary/aromatic N) is 3. The summed E-state index contributed by atoms with van der Waals surface area (Å²) in [5.41, 5.74) is 0.316. The summed E-state index contributed by atoms with van der Waals surface area (Å²) in [5.74, 6) is -0.883. The number of hydrogen-bond donors (Lipinski definition) is 4. The number of rotatable bonds is 7. The molecule has 1 saturated heterocycles. The second-order valence-corrected chi connectivity index (χ2v) is 10.7. The first kappa shape index (κ1) is 23.5. The lowest BCUT2D eigenvalue weighted by Crippen LogP contribution is -2.47. The molecule has 1 fully saturated rings. The number of benzene rings is 1. The van der Waals surface area contributed by atoms with E-state index in [4.69, 9.17) is 22.1 Å². The number of hydrogen-bond acceptors (Lipinski definition) is 8. The van der Waals surface area contributed by atoms with Gasteiger partial charge in [0.25, 0.3) is 10.2 Å². The molecule has 0 saturated carbocycles. The molecule has 16 heteroatoms. The molecule has 1 aromatic heterocycles. The summed E-state index contributed by atoms with van der Waals surface area (Å²) in [5, 5.41) is 22.1. The molecule has 5 N–H and O–H groups in total. The average molecular weight is 496 g/mol. The molecule has 0 amide bonds. The van der Waals surface area contributed by atoms with E-state index >= 15 is 0 Å². The summed E-state index contributed by atoms with van der Waals surface area (Å²) < 4.78 is 69.1. The van der Waals surface area contributed by atoms with E-state index in [0.717, 1.165) is 10.4 Å². The number of amidine groups is 1. The van der Waals surface area contributed by atoms with E-state index in [9.17, 15) is 21.2 Å². The van der Waals surface area contributed by atoms with Crippen LogP contribution in [0.3, 0.4) is 0 Å². The first-order chi connectivity index (χ1) is 14.5. The van der Waals surface area contributed by atoms with Gasteiger partial charge in [0.1, 0.15) is 11.5 Å². The fourth-order valence-corrected chi connectivity index (χ4v) is 5.28. The Labute approximate surface area is 182 Å². The highest BCUT2D eigenvalue weighted by atomic mass is 35.5. The van der Waals surface area contributed by atoms with E-state index in [1.165, 1.54) is 12.1 Å². The van der Waals surface area contributed by atoms with Crippen molar-refractivity contribution in [2.24, 2.45) is 5.14 Å². The predicted molar refractivity (Wildman–Crippen MR) is 110 cm³/mol. The smallest absolute Gasteiger partial charge is 0.276 e. The van der Waals surface area contributed by atoms with Crippen LogP contribution in [0.1, 0.15) is 24.2 Å². The van der Waals surface area contributed by atoms with E-state index in [1.807, 2.05) is 0 Å². The van der Waals surface area contributed by atoms with Gasteiger partial charge in [0, 0.05) is 18.8 Å². The topological polar surface area (TPSA) is 184 Å². The van der Waals surface area contributed by atoms with Crippen LogP contribution in [-0.2, 0) is 26.8 Å². The Morgan fingerprint density at radius 2 is 1.97 bits per heavy atom. The quantitative estimate of drug-likeness (QED) is 0.313. The van der Waals surface area contributed by atoms with Gasteiger partial charge in [0.15, 0.2) is 11.5 Å². The minimum Gasteiger partial charge on any atom is -0.339 e. The van der Waals surface area contributed by atoms with Gasteiger partial charge in [-0.1, -0.05) is 16.8 Å². The minimum absolute atomic E-state index is 0.00400. The fraction of sp³-hybridized carbons (Fsp3) is 0.400. The molecule has 0 unspecified atom stereocenters. The van der Waals surface area contributed by atoms with E-state index in [2.05, 4.69) is 25.0 Å². The van der Waals surface area contributed by atoms with Gasteiger partial charge in [0.05, 0.1) is 16.8 Å². The molecule has 31 heavy (non-hydrogen) atoms. The molecule has 170 valence electrons. The van der Waals surface area contributed by atoms with E-state index in [-0.39, 0.29) is 54.7 Å². The first-order valence-corrected chi connectivity index (χ1v) is 12.3. The van der Waals surface area contributed by atoms with Crippen molar-refractivity contribution in [1.29, 1.82) is 5.41 Å². The highest BCUT2D eigenvalue weighted by molar-refractivity contribution is 7.90. The fourth-order valence-electron chi connectivity index (χ4n) is 2.97. The Kier molecular flexibility index (Phi) is 6.92. The molecule has 0 radical (unpaired) electrons. The van der Waals surface area contributed by atoms with Crippen LogP contribution in [0.15, 0.2) is 22.8 Å². The minimum atomic E-state index is -3.86. The van der Waals surface area contributed by atoms with Crippen molar-refractivity contribution in [3.8, 4) is 0 Å². The Balaban J connectivity index is 1.62. The van der Waals surface area contributed by atoms with Crippen LogP contribution in [0.4, 0.5) is 10.1 Å². The molecule has 3 rings (SSSR count). The lowest BCUT2D eigenvalue weighted by atomic mass is 10.2. The predicted octanol–water partition coefficient (Wildman–Crippen LogP) is 0.387. The van der Waals surface area contributed by atoms with Crippen molar-refractivity contribution in [1.82, 2.24) is 19.3 Å². The molecular weight excluding hydrogens is 477 g/mol. The maximum atomic E-state index is 13.3. The molecule has 2 aromatic rings. The van der Waals surface area contributed by atoms with Crippen molar-refractivity contribution in [3.63, 3.8) is 0 Å². The van der Waals surface area contributed by atoms with Crippen LogP contribution < -0.4 is 15.2 Å². The van der Waals surface area contributed by atoms with Gasteiger partial charge < -0.3 is 5.32 Å². The van der Waals surface area contributed by atoms with Crippen LogP contribution in [-0.4, -0.2) is 55.6 Å². The molecule has 1 aliphatic heterocycles. The Morgan fingerprint density at radius 3 is 2.58 bits per heavy atom. The van der Waals surface area contributed by atoms with E-state index in [0.29, 0.717) is 5.69 Å². The Bertz CT molecular complexity index is 1180. The van der Waals surface area contributed by atoms with Crippen molar-refractivity contribution >= 4 is 43.4 Å². The molecule has 0 atom stereocenters. The molecular formula is C15H19ClFN7O5S2. The van der Waals surface area contributed by atoms with Gasteiger partial charge in [-0.3, -0.25) is 5.41 Å². The van der Waals surface area contributed by atoms with Gasteiger partial charge >= 0.3 is 0 Å². The third-order valence-electron chi connectivity index (χ3n) is 4.62. The van der Waals surface area contributed by atoms with Crippen molar-refractivity contribution in [2.45, 2.75) is 24.6 Å². The van der Waals surface area contributed by atoms with Crippen molar-refractivity contribution < 1.29 is 25.9 Å². The second kappa shape index (κ2) is 9.13. The Morgan fingerprint density at radius 1 is 1.29 bits per heavy atom. The number of nitrogens with two attached hydrogens (primary N) is 1. The summed E-state index contributed by atoms with van der Waals surface area (Å²) >= 11 is 5.71. The second-order valence-electron chi connectivity index (χ2n) is 6.70. The van der Waals surface area contributed by atoms with Crippen LogP contribution >= 0.6 is 11.6 Å². The zero-order valence-corrected chi connectivity index (χ0v) is 18.3. The van der Waals surface area contributed by atoms with Crippen molar-refractivity contribution in [2.75, 3.05) is 18.4 Å². The average Bonchev–Trinajstić information content (AvgIpc) is 3.18. The van der Waals surface area contributed by atoms with E-state index in [1.54, 1.807) is 0 Å². The van der Waals surface area contributed by atoms with E-state index < -0.39 is 31.3 Å². The number of aromatic nitrogens is 2. The molecule has 2 heterocycles. The summed E-state index contributed by atoms with van der Waals surface area (Å²) in [6, 6.07) is 3.75. The van der Waals surface area contributed by atoms with Crippen LogP contribution in [0.5, 0.6) is 0 Å². The summed E-state index contributed by atoms with van der Waals surface area (Å²) in [6.45, 7) is -0.309. The van der Waals surface area contributed by atoms with Crippen LogP contribution in [0.2, 0.25) is 5.02 Å². The van der Waals surface area contributed by atoms with Gasteiger partial charge in [0.2, 0.25) is 10.0 Å². The number of sulfonamides is 1. The number of nitrogens with one attached hydrogen (secondary N) is 3. The third-order valence-corrected chi connectivity index (χ3v) is 7.89. The number of anilines is 1. The lowest BCUT2D eigenvalue weighted by Gasteiger charge is -2.29. The normalized spacial score (nSPS) is 16.4. The van der Waals surface area contributed by atoms with Crippen LogP contribution in [0, 0.1) is 11.2 Å². The Hall–Kier alpha value is -2.17. The van der Waals surface area contributed by atoms with Crippen molar-refractivity contribution in [3.05, 3.63) is 40.4 Å². The van der Waals surface area contributed by atoms with Crippen LogP contribution in [0.25, 0.3) is 0 Å². The highest BCUT2D eigenvalue weighted by Crippen LogP contribution is 2.21. The SMILES string of the molecule is N=C(Nc1ccc(F)c(Cl)c1)c1nonc1CNS(=O)(=O)C1CCN(S(N)(=O)=O)CC1. The summed E-state index contributed by atoms with van der Waals surface area (Å²) in [4.78, 5) is 0. The first-order valence-electron chi connectivity index (χ1n) is 8.86. The van der Waals surface area contributed by atoms with Gasteiger partial charge in [-0.05, 0) is 36.2 Å². The summed E-state index contributed by atoms with van der Waals surface area (Å²) in [7, 11) is -7.67. The van der Waals surface area contributed by atoms with Gasteiger partial charge in [-0.15, -0.1) is 0 Å². The third kappa shape index (κ3) is 5.75. The summed E-state index contributed by atoms with van der Waals surface area (Å²) in [6.07, 6.45) is 0.163. The number of piperidine rings is 1. The zero-order chi connectivity index (χ0) is 22.8. The molecule has 1 aliphatic rings.